The average Bonchev–Trinajstić information content (AvgIpc) is 2.67. The van der Waals surface area contributed by atoms with Crippen molar-refractivity contribution in [3.05, 3.63) is 72.3 Å². The summed E-state index contributed by atoms with van der Waals surface area (Å²) in [6.07, 6.45) is 6.74. The summed E-state index contributed by atoms with van der Waals surface area (Å²) in [6.45, 7) is 0.350. The second kappa shape index (κ2) is 7.32. The van der Waals surface area contributed by atoms with E-state index in [1.165, 1.54) is 7.11 Å². The summed E-state index contributed by atoms with van der Waals surface area (Å²) in [5.74, 6) is 0.0556. The third-order valence-electron chi connectivity index (χ3n) is 3.49. The van der Waals surface area contributed by atoms with E-state index in [4.69, 9.17) is 4.74 Å². The average molecular weight is 320 g/mol. The van der Waals surface area contributed by atoms with Crippen LogP contribution in [-0.4, -0.2) is 28.0 Å². The molecular weight excluding hydrogens is 304 g/mol. The minimum atomic E-state index is -0.246. The van der Waals surface area contributed by atoms with Gasteiger partial charge in [0.25, 0.3) is 5.91 Å². The van der Waals surface area contributed by atoms with Crippen LogP contribution in [0, 0.1) is 0 Å². The number of aromatic nitrogens is 3. The number of rotatable bonds is 5. The second-order valence-electron chi connectivity index (χ2n) is 4.99. The highest BCUT2D eigenvalue weighted by molar-refractivity contribution is 5.96. The van der Waals surface area contributed by atoms with Crippen LogP contribution >= 0.6 is 0 Å². The zero-order valence-corrected chi connectivity index (χ0v) is 13.1. The molecule has 3 heterocycles. The Morgan fingerprint density at radius 3 is 2.58 bits per heavy atom. The third kappa shape index (κ3) is 3.38. The topological polar surface area (TPSA) is 77.0 Å². The maximum absolute atomic E-state index is 12.4. The van der Waals surface area contributed by atoms with Gasteiger partial charge in [0.05, 0.1) is 12.8 Å². The van der Waals surface area contributed by atoms with E-state index < -0.39 is 0 Å². The van der Waals surface area contributed by atoms with E-state index in [1.54, 1.807) is 36.9 Å². The predicted octanol–water partition coefficient (Wildman–Crippen LogP) is 2.48. The lowest BCUT2D eigenvalue weighted by atomic mass is 10.1. The molecule has 0 atom stereocenters. The Hall–Kier alpha value is -3.28. The molecule has 0 bridgehead atoms. The molecule has 120 valence electrons. The molecule has 0 spiro atoms. The van der Waals surface area contributed by atoms with Gasteiger partial charge in [-0.15, -0.1) is 0 Å². The number of ether oxygens (including phenoxy) is 1. The zero-order chi connectivity index (χ0) is 16.8. The van der Waals surface area contributed by atoms with Crippen molar-refractivity contribution in [3.63, 3.8) is 0 Å². The molecule has 0 saturated heterocycles. The van der Waals surface area contributed by atoms with Crippen LogP contribution in [0.3, 0.4) is 0 Å². The van der Waals surface area contributed by atoms with Crippen molar-refractivity contribution >= 4 is 5.91 Å². The Morgan fingerprint density at radius 2 is 1.79 bits per heavy atom. The van der Waals surface area contributed by atoms with Crippen molar-refractivity contribution in [2.45, 2.75) is 6.54 Å². The van der Waals surface area contributed by atoms with E-state index >= 15 is 0 Å². The Balaban J connectivity index is 1.79. The maximum Gasteiger partial charge on any atom is 0.257 e. The number of hydrogen-bond donors (Lipinski definition) is 1. The molecule has 0 aliphatic heterocycles. The molecule has 1 amide bonds. The largest absolute Gasteiger partial charge is 0.480 e. The van der Waals surface area contributed by atoms with Crippen molar-refractivity contribution in [2.75, 3.05) is 7.11 Å². The number of pyridine rings is 3. The van der Waals surface area contributed by atoms with Gasteiger partial charge >= 0.3 is 0 Å². The third-order valence-corrected chi connectivity index (χ3v) is 3.49. The van der Waals surface area contributed by atoms with Gasteiger partial charge in [-0.1, -0.05) is 6.07 Å². The molecule has 6 nitrogen and oxygen atoms in total. The van der Waals surface area contributed by atoms with Gasteiger partial charge in [0.2, 0.25) is 5.88 Å². The second-order valence-corrected chi connectivity index (χ2v) is 4.99. The fourth-order valence-electron chi connectivity index (χ4n) is 2.35. The number of carbonyl (C=O) groups is 1. The lowest BCUT2D eigenvalue weighted by molar-refractivity contribution is 0.0947. The van der Waals surface area contributed by atoms with Gasteiger partial charge in [0.1, 0.15) is 5.56 Å². The zero-order valence-electron chi connectivity index (χ0n) is 13.1. The SMILES string of the molecule is COc1ncccc1C(=O)NCc1cccnc1-c1ccncc1. The lowest BCUT2D eigenvalue weighted by Gasteiger charge is -2.11. The molecule has 3 aromatic rings. The molecule has 3 aromatic heterocycles. The molecule has 0 fully saturated rings. The first-order valence-corrected chi connectivity index (χ1v) is 7.41. The summed E-state index contributed by atoms with van der Waals surface area (Å²) in [5.41, 5.74) is 3.08. The first kappa shape index (κ1) is 15.6. The summed E-state index contributed by atoms with van der Waals surface area (Å²) < 4.78 is 5.12. The van der Waals surface area contributed by atoms with Crippen molar-refractivity contribution < 1.29 is 9.53 Å². The van der Waals surface area contributed by atoms with Gasteiger partial charge in [0, 0.05) is 36.9 Å². The summed E-state index contributed by atoms with van der Waals surface area (Å²) in [7, 11) is 1.49. The first-order valence-electron chi connectivity index (χ1n) is 7.41. The highest BCUT2D eigenvalue weighted by Gasteiger charge is 2.13. The van der Waals surface area contributed by atoms with E-state index in [0.717, 1.165) is 16.8 Å². The van der Waals surface area contributed by atoms with Crippen LogP contribution in [0.25, 0.3) is 11.3 Å². The fourth-order valence-corrected chi connectivity index (χ4v) is 2.35. The number of amides is 1. The summed E-state index contributed by atoms with van der Waals surface area (Å²) >= 11 is 0. The highest BCUT2D eigenvalue weighted by Crippen LogP contribution is 2.20. The summed E-state index contributed by atoms with van der Waals surface area (Å²) in [5, 5.41) is 2.89. The van der Waals surface area contributed by atoms with Gasteiger partial charge in [-0.3, -0.25) is 14.8 Å². The number of carbonyl (C=O) groups excluding carboxylic acids is 1. The molecule has 0 aliphatic rings. The number of nitrogens with one attached hydrogen (secondary N) is 1. The van der Waals surface area contributed by atoms with Crippen LogP contribution in [0.1, 0.15) is 15.9 Å². The molecule has 0 aliphatic carbocycles. The van der Waals surface area contributed by atoms with E-state index in [2.05, 4.69) is 20.3 Å². The molecule has 1 N–H and O–H groups in total. The van der Waals surface area contributed by atoms with Gasteiger partial charge in [-0.05, 0) is 35.9 Å². The van der Waals surface area contributed by atoms with E-state index in [1.807, 2.05) is 24.3 Å². The monoisotopic (exact) mass is 320 g/mol. The van der Waals surface area contributed by atoms with Gasteiger partial charge in [-0.2, -0.15) is 0 Å². The first-order chi connectivity index (χ1) is 11.8. The van der Waals surface area contributed by atoms with Gasteiger partial charge < -0.3 is 10.1 Å². The number of methoxy groups -OCH3 is 1. The quantitative estimate of drug-likeness (QED) is 0.781. The normalized spacial score (nSPS) is 10.2. The molecular formula is C18H16N4O2. The van der Waals surface area contributed by atoms with E-state index in [-0.39, 0.29) is 5.91 Å². The number of nitrogens with zero attached hydrogens (tertiary/aromatic N) is 3. The van der Waals surface area contributed by atoms with Crippen LogP contribution < -0.4 is 10.1 Å². The van der Waals surface area contributed by atoms with E-state index in [9.17, 15) is 4.79 Å². The van der Waals surface area contributed by atoms with Crippen molar-refractivity contribution in [1.29, 1.82) is 0 Å². The summed E-state index contributed by atoms with van der Waals surface area (Å²) in [6, 6.07) is 10.9. The standard InChI is InChI=1S/C18H16N4O2/c1-24-18-15(5-3-9-21-18)17(23)22-12-14-4-2-8-20-16(14)13-6-10-19-11-7-13/h2-11H,12H2,1H3,(H,22,23). The highest BCUT2D eigenvalue weighted by atomic mass is 16.5. The van der Waals surface area contributed by atoms with Crippen LogP contribution in [0.5, 0.6) is 5.88 Å². The van der Waals surface area contributed by atoms with Crippen molar-refractivity contribution in [2.24, 2.45) is 0 Å². The number of hydrogen-bond acceptors (Lipinski definition) is 5. The van der Waals surface area contributed by atoms with Crippen molar-refractivity contribution in [3.8, 4) is 17.1 Å². The minimum Gasteiger partial charge on any atom is -0.480 e. The Kier molecular flexibility index (Phi) is 4.76. The smallest absolute Gasteiger partial charge is 0.257 e. The maximum atomic E-state index is 12.4. The lowest BCUT2D eigenvalue weighted by Crippen LogP contribution is -2.24. The van der Waals surface area contributed by atoms with Crippen LogP contribution in [0.2, 0.25) is 0 Å². The Labute approximate surface area is 139 Å². The molecule has 3 rings (SSSR count). The minimum absolute atomic E-state index is 0.246. The Bertz CT molecular complexity index is 837. The molecule has 0 radical (unpaired) electrons. The predicted molar refractivity (Wildman–Crippen MR) is 89.4 cm³/mol. The molecule has 24 heavy (non-hydrogen) atoms. The molecule has 0 unspecified atom stereocenters. The molecule has 0 aromatic carbocycles. The molecule has 6 heteroatoms. The van der Waals surface area contributed by atoms with Crippen LogP contribution in [-0.2, 0) is 6.54 Å². The van der Waals surface area contributed by atoms with Gasteiger partial charge in [-0.25, -0.2) is 4.98 Å². The Morgan fingerprint density at radius 1 is 1.04 bits per heavy atom. The fraction of sp³-hybridized carbons (Fsp3) is 0.111. The molecule has 0 saturated carbocycles. The van der Waals surface area contributed by atoms with Crippen molar-refractivity contribution in [1.82, 2.24) is 20.3 Å². The van der Waals surface area contributed by atoms with E-state index in [0.29, 0.717) is 18.0 Å². The van der Waals surface area contributed by atoms with Crippen LogP contribution in [0.15, 0.2) is 61.2 Å². The summed E-state index contributed by atoms with van der Waals surface area (Å²) in [4.78, 5) is 24.9. The van der Waals surface area contributed by atoms with Crippen LogP contribution in [0.4, 0.5) is 0 Å². The van der Waals surface area contributed by atoms with Gasteiger partial charge in [0.15, 0.2) is 0 Å².